The van der Waals surface area contributed by atoms with E-state index >= 15 is 0 Å². The van der Waals surface area contributed by atoms with Crippen LogP contribution in [0, 0.1) is 13.8 Å². The molecule has 0 amide bonds. The lowest BCUT2D eigenvalue weighted by molar-refractivity contribution is 1.31. The first kappa shape index (κ1) is 10.7. The second kappa shape index (κ2) is 4.23. The monoisotopic (exact) mass is 187 g/mol. The van der Waals surface area contributed by atoms with Gasteiger partial charge in [-0.1, -0.05) is 6.58 Å². The van der Waals surface area contributed by atoms with Crippen molar-refractivity contribution in [1.29, 1.82) is 0 Å². The first-order valence-corrected chi connectivity index (χ1v) is 4.82. The van der Waals surface area contributed by atoms with Crippen LogP contribution in [0.4, 0.5) is 5.69 Å². The molecule has 0 atom stereocenters. The van der Waals surface area contributed by atoms with E-state index in [4.69, 9.17) is 0 Å². The van der Waals surface area contributed by atoms with Crippen molar-refractivity contribution in [3.05, 3.63) is 35.4 Å². The fraction of sp³-hybridized carbons (Fsp3) is 0.308. The van der Waals surface area contributed by atoms with Gasteiger partial charge in [0, 0.05) is 11.8 Å². The second-order valence-electron chi connectivity index (χ2n) is 3.62. The number of rotatable bonds is 2. The van der Waals surface area contributed by atoms with E-state index in [9.17, 15) is 0 Å². The van der Waals surface area contributed by atoms with Crippen LogP contribution in [0.5, 0.6) is 0 Å². The van der Waals surface area contributed by atoms with E-state index in [-0.39, 0.29) is 0 Å². The van der Waals surface area contributed by atoms with Gasteiger partial charge in [0.2, 0.25) is 0 Å². The van der Waals surface area contributed by atoms with Gasteiger partial charge in [0.15, 0.2) is 0 Å². The predicted molar refractivity (Wildman–Crippen MR) is 64.5 cm³/mol. The van der Waals surface area contributed by atoms with Crippen molar-refractivity contribution in [2.75, 3.05) is 0 Å². The predicted octanol–water partition coefficient (Wildman–Crippen LogP) is 4.06. The molecule has 0 fully saturated rings. The summed E-state index contributed by atoms with van der Waals surface area (Å²) in [6.07, 6.45) is 1.82. The molecule has 1 aromatic carbocycles. The van der Waals surface area contributed by atoms with Crippen molar-refractivity contribution < 1.29 is 0 Å². The van der Waals surface area contributed by atoms with Gasteiger partial charge in [0.1, 0.15) is 0 Å². The maximum absolute atomic E-state index is 4.34. The Kier molecular flexibility index (Phi) is 3.23. The molecule has 1 heteroatoms. The van der Waals surface area contributed by atoms with Gasteiger partial charge in [-0.2, -0.15) is 0 Å². The molecule has 0 radical (unpaired) electrons. The first-order valence-electron chi connectivity index (χ1n) is 4.82. The number of aliphatic imine (C=N–C) groups is 1. The highest BCUT2D eigenvalue weighted by Crippen LogP contribution is 2.28. The summed E-state index contributed by atoms with van der Waals surface area (Å²) in [6, 6.07) is 4.26. The molecule has 0 saturated heterocycles. The Labute approximate surface area is 86.2 Å². The zero-order valence-corrected chi connectivity index (χ0v) is 9.39. The molecule has 0 spiro atoms. The minimum absolute atomic E-state index is 1.02. The molecule has 0 N–H and O–H groups in total. The molecule has 14 heavy (non-hydrogen) atoms. The largest absolute Gasteiger partial charge is 0.261 e. The molecule has 0 aliphatic rings. The maximum atomic E-state index is 4.34. The van der Waals surface area contributed by atoms with Crippen molar-refractivity contribution in [3.8, 4) is 0 Å². The molecule has 0 bridgehead atoms. The smallest absolute Gasteiger partial charge is 0.0703 e. The molecule has 0 heterocycles. The number of hydrogen-bond donors (Lipinski definition) is 0. The lowest BCUT2D eigenvalue weighted by atomic mass is 10.0. The molecule has 0 aliphatic carbocycles. The number of allylic oxidation sites excluding steroid dienone is 1. The van der Waals surface area contributed by atoms with Crippen LogP contribution < -0.4 is 0 Å². The summed E-state index contributed by atoms with van der Waals surface area (Å²) in [5.74, 6) is 0. The summed E-state index contributed by atoms with van der Waals surface area (Å²) < 4.78 is 0. The third-order valence-electron chi connectivity index (χ3n) is 2.34. The maximum Gasteiger partial charge on any atom is 0.0703 e. The van der Waals surface area contributed by atoms with Crippen LogP contribution in [0.3, 0.4) is 0 Å². The van der Waals surface area contributed by atoms with Crippen LogP contribution >= 0.6 is 0 Å². The Morgan fingerprint density at radius 3 is 2.36 bits per heavy atom. The van der Waals surface area contributed by atoms with Crippen LogP contribution in [-0.4, -0.2) is 6.21 Å². The molecule has 74 valence electrons. The SMILES string of the molecule is C=C(C)c1cc(C)c(C)cc1N=CC. The Morgan fingerprint density at radius 2 is 1.86 bits per heavy atom. The van der Waals surface area contributed by atoms with Crippen molar-refractivity contribution >= 4 is 17.5 Å². The first-order chi connectivity index (χ1) is 6.56. The van der Waals surface area contributed by atoms with Crippen LogP contribution in [0.15, 0.2) is 23.7 Å². The van der Waals surface area contributed by atoms with E-state index in [1.165, 1.54) is 11.1 Å². The summed E-state index contributed by atoms with van der Waals surface area (Å²) in [6.45, 7) is 12.1. The zero-order valence-electron chi connectivity index (χ0n) is 9.39. The average molecular weight is 187 g/mol. The molecule has 1 nitrogen and oxygen atoms in total. The molecule has 1 aromatic rings. The fourth-order valence-corrected chi connectivity index (χ4v) is 1.39. The van der Waals surface area contributed by atoms with E-state index in [2.05, 4.69) is 37.6 Å². The summed E-state index contributed by atoms with van der Waals surface area (Å²) in [5.41, 5.74) is 5.79. The Bertz CT molecular complexity index is 386. The summed E-state index contributed by atoms with van der Waals surface area (Å²) in [4.78, 5) is 4.34. The van der Waals surface area contributed by atoms with Crippen LogP contribution in [0.25, 0.3) is 5.57 Å². The van der Waals surface area contributed by atoms with E-state index in [0.29, 0.717) is 0 Å². The topological polar surface area (TPSA) is 12.4 Å². The zero-order chi connectivity index (χ0) is 10.7. The normalized spacial score (nSPS) is 10.9. The molecule has 0 saturated carbocycles. The number of benzene rings is 1. The van der Waals surface area contributed by atoms with Gasteiger partial charge in [-0.05, 0) is 56.5 Å². The van der Waals surface area contributed by atoms with E-state index in [1.54, 1.807) is 0 Å². The highest BCUT2D eigenvalue weighted by Gasteiger charge is 2.04. The van der Waals surface area contributed by atoms with Crippen LogP contribution in [0.1, 0.15) is 30.5 Å². The minimum atomic E-state index is 1.02. The Morgan fingerprint density at radius 1 is 1.29 bits per heavy atom. The molecule has 0 unspecified atom stereocenters. The average Bonchev–Trinajstić information content (AvgIpc) is 2.11. The molecule has 0 aromatic heterocycles. The van der Waals surface area contributed by atoms with Crippen molar-refractivity contribution in [2.45, 2.75) is 27.7 Å². The highest BCUT2D eigenvalue weighted by molar-refractivity contribution is 5.76. The van der Waals surface area contributed by atoms with Crippen molar-refractivity contribution in [2.24, 2.45) is 4.99 Å². The van der Waals surface area contributed by atoms with Gasteiger partial charge in [-0.15, -0.1) is 0 Å². The number of hydrogen-bond acceptors (Lipinski definition) is 1. The Hall–Kier alpha value is -1.37. The molecule has 0 aliphatic heterocycles. The van der Waals surface area contributed by atoms with Crippen LogP contribution in [-0.2, 0) is 0 Å². The van der Waals surface area contributed by atoms with E-state index < -0.39 is 0 Å². The van der Waals surface area contributed by atoms with Crippen molar-refractivity contribution in [3.63, 3.8) is 0 Å². The van der Waals surface area contributed by atoms with Gasteiger partial charge >= 0.3 is 0 Å². The third-order valence-corrected chi connectivity index (χ3v) is 2.34. The van der Waals surface area contributed by atoms with Gasteiger partial charge in [-0.25, -0.2) is 0 Å². The lowest BCUT2D eigenvalue weighted by Crippen LogP contribution is -1.86. The minimum Gasteiger partial charge on any atom is -0.261 e. The third kappa shape index (κ3) is 2.11. The van der Waals surface area contributed by atoms with Gasteiger partial charge in [0.25, 0.3) is 0 Å². The van der Waals surface area contributed by atoms with Gasteiger partial charge in [-0.3, -0.25) is 4.99 Å². The molecule has 1 rings (SSSR count). The molecular weight excluding hydrogens is 170 g/mol. The van der Waals surface area contributed by atoms with Gasteiger partial charge in [0.05, 0.1) is 5.69 Å². The van der Waals surface area contributed by atoms with Crippen molar-refractivity contribution in [1.82, 2.24) is 0 Å². The van der Waals surface area contributed by atoms with Gasteiger partial charge < -0.3 is 0 Å². The fourth-order valence-electron chi connectivity index (χ4n) is 1.39. The number of aryl methyl sites for hydroxylation is 2. The number of nitrogens with zero attached hydrogens (tertiary/aromatic N) is 1. The standard InChI is InChI=1S/C13H17N/c1-6-14-13-8-11(5)10(4)7-12(13)9(2)3/h6-8H,2H2,1,3-5H3. The second-order valence-corrected chi connectivity index (χ2v) is 3.62. The summed E-state index contributed by atoms with van der Waals surface area (Å²) in [7, 11) is 0. The molecular formula is C13H17N. The summed E-state index contributed by atoms with van der Waals surface area (Å²) in [5, 5.41) is 0. The quantitative estimate of drug-likeness (QED) is 0.619. The van der Waals surface area contributed by atoms with Crippen LogP contribution in [0.2, 0.25) is 0 Å². The highest BCUT2D eigenvalue weighted by atomic mass is 14.7. The Balaban J connectivity index is 3.38. The van der Waals surface area contributed by atoms with E-state index in [1.807, 2.05) is 20.1 Å². The van der Waals surface area contributed by atoms with E-state index in [0.717, 1.165) is 16.8 Å². The summed E-state index contributed by atoms with van der Waals surface area (Å²) >= 11 is 0. The lowest BCUT2D eigenvalue weighted by Gasteiger charge is -2.08.